The quantitative estimate of drug-likeness (QED) is 0.747. The van der Waals surface area contributed by atoms with Crippen LogP contribution in [-0.4, -0.2) is 32.3 Å². The summed E-state index contributed by atoms with van der Waals surface area (Å²) in [6.07, 6.45) is 5.27. The number of ether oxygens (including phenoxy) is 1. The lowest BCUT2D eigenvalue weighted by Crippen LogP contribution is -2.23. The minimum Gasteiger partial charge on any atom is -0.472 e. The summed E-state index contributed by atoms with van der Waals surface area (Å²) < 4.78 is 10.1. The van der Waals surface area contributed by atoms with Crippen molar-refractivity contribution in [3.63, 3.8) is 0 Å². The van der Waals surface area contributed by atoms with Crippen molar-refractivity contribution in [1.29, 1.82) is 0 Å². The zero-order valence-electron chi connectivity index (χ0n) is 12.0. The summed E-state index contributed by atoms with van der Waals surface area (Å²) in [4.78, 5) is 6.61. The first-order chi connectivity index (χ1) is 9.81. The first-order valence-electron chi connectivity index (χ1n) is 6.67. The van der Waals surface area contributed by atoms with Gasteiger partial charge in [-0.15, -0.1) is 0 Å². The van der Waals surface area contributed by atoms with E-state index in [9.17, 15) is 0 Å². The maximum absolute atomic E-state index is 5.10. The number of aromatic nitrogens is 1. The number of methoxy groups -OCH3 is 1. The molecule has 0 saturated heterocycles. The predicted molar refractivity (Wildman–Crippen MR) is 78.6 cm³/mol. The zero-order valence-corrected chi connectivity index (χ0v) is 12.0. The second-order valence-corrected chi connectivity index (χ2v) is 4.64. The van der Waals surface area contributed by atoms with Crippen LogP contribution in [0.5, 0.6) is 0 Å². The standard InChI is InChI=1S/C15H21N3O2/c1-18(11-13-5-8-20-12-13)15-14(4-3-6-17-15)10-16-7-9-19-2/h3-6,8,12,16H,7,9-11H2,1-2H3. The van der Waals surface area contributed by atoms with E-state index in [1.807, 2.05) is 25.4 Å². The number of rotatable bonds is 8. The van der Waals surface area contributed by atoms with Gasteiger partial charge in [-0.3, -0.25) is 0 Å². The molecule has 0 unspecified atom stereocenters. The fraction of sp³-hybridized carbons (Fsp3) is 0.400. The molecule has 0 aliphatic rings. The predicted octanol–water partition coefficient (Wildman–Crippen LogP) is 2.05. The first-order valence-corrected chi connectivity index (χ1v) is 6.67. The normalized spacial score (nSPS) is 10.7. The molecule has 0 spiro atoms. The van der Waals surface area contributed by atoms with Crippen LogP contribution in [0.3, 0.4) is 0 Å². The highest BCUT2D eigenvalue weighted by molar-refractivity contribution is 5.46. The third-order valence-electron chi connectivity index (χ3n) is 3.03. The van der Waals surface area contributed by atoms with Crippen LogP contribution in [0.15, 0.2) is 41.3 Å². The Balaban J connectivity index is 1.99. The molecule has 0 atom stereocenters. The van der Waals surface area contributed by atoms with Crippen molar-refractivity contribution in [2.75, 3.05) is 32.2 Å². The van der Waals surface area contributed by atoms with Crippen molar-refractivity contribution in [3.8, 4) is 0 Å². The average Bonchev–Trinajstić information content (AvgIpc) is 2.97. The van der Waals surface area contributed by atoms with Gasteiger partial charge in [0.25, 0.3) is 0 Å². The van der Waals surface area contributed by atoms with Gasteiger partial charge in [0, 0.05) is 51.1 Å². The molecule has 0 bridgehead atoms. The largest absolute Gasteiger partial charge is 0.472 e. The SMILES string of the molecule is COCCNCc1cccnc1N(C)Cc1ccoc1. The van der Waals surface area contributed by atoms with Crippen molar-refractivity contribution in [2.24, 2.45) is 0 Å². The molecular formula is C15H21N3O2. The number of pyridine rings is 1. The maximum atomic E-state index is 5.10. The molecule has 0 saturated carbocycles. The van der Waals surface area contributed by atoms with Crippen LogP contribution in [-0.2, 0) is 17.8 Å². The number of nitrogens with one attached hydrogen (secondary N) is 1. The van der Waals surface area contributed by atoms with Gasteiger partial charge in [-0.25, -0.2) is 4.98 Å². The minimum absolute atomic E-state index is 0.709. The highest BCUT2D eigenvalue weighted by Gasteiger charge is 2.09. The summed E-state index contributed by atoms with van der Waals surface area (Å²) in [5.41, 5.74) is 2.31. The lowest BCUT2D eigenvalue weighted by atomic mass is 10.2. The maximum Gasteiger partial charge on any atom is 0.133 e. The van der Waals surface area contributed by atoms with Gasteiger partial charge >= 0.3 is 0 Å². The van der Waals surface area contributed by atoms with Crippen LogP contribution in [0.4, 0.5) is 5.82 Å². The highest BCUT2D eigenvalue weighted by atomic mass is 16.5. The molecular weight excluding hydrogens is 254 g/mol. The Labute approximate surface area is 119 Å². The van der Waals surface area contributed by atoms with Crippen molar-refractivity contribution < 1.29 is 9.15 Å². The number of anilines is 1. The molecule has 5 heteroatoms. The number of nitrogens with zero attached hydrogens (tertiary/aromatic N) is 2. The van der Waals surface area contributed by atoms with E-state index in [1.54, 1.807) is 19.6 Å². The summed E-state index contributed by atoms with van der Waals surface area (Å²) >= 11 is 0. The number of hydrogen-bond acceptors (Lipinski definition) is 5. The molecule has 0 amide bonds. The van der Waals surface area contributed by atoms with E-state index >= 15 is 0 Å². The van der Waals surface area contributed by atoms with E-state index in [0.717, 1.165) is 31.0 Å². The molecule has 2 rings (SSSR count). The molecule has 2 aromatic rings. The number of hydrogen-bond donors (Lipinski definition) is 1. The molecule has 0 aliphatic carbocycles. The van der Waals surface area contributed by atoms with E-state index in [4.69, 9.17) is 9.15 Å². The van der Waals surface area contributed by atoms with Gasteiger partial charge in [0.1, 0.15) is 5.82 Å². The van der Waals surface area contributed by atoms with Crippen LogP contribution in [0, 0.1) is 0 Å². The van der Waals surface area contributed by atoms with Crippen molar-refractivity contribution in [3.05, 3.63) is 48.0 Å². The lowest BCUT2D eigenvalue weighted by Gasteiger charge is -2.20. The third kappa shape index (κ3) is 4.08. The van der Waals surface area contributed by atoms with Crippen LogP contribution in [0.1, 0.15) is 11.1 Å². The Kier molecular flexibility index (Phi) is 5.58. The molecule has 20 heavy (non-hydrogen) atoms. The van der Waals surface area contributed by atoms with Crippen LogP contribution in [0.2, 0.25) is 0 Å². The van der Waals surface area contributed by atoms with Gasteiger partial charge in [0.15, 0.2) is 0 Å². The molecule has 2 aromatic heterocycles. The molecule has 1 N–H and O–H groups in total. The molecule has 5 nitrogen and oxygen atoms in total. The molecule has 108 valence electrons. The Morgan fingerprint density at radius 3 is 3.05 bits per heavy atom. The topological polar surface area (TPSA) is 50.5 Å². The molecule has 0 aromatic carbocycles. The third-order valence-corrected chi connectivity index (χ3v) is 3.03. The van der Waals surface area contributed by atoms with E-state index in [2.05, 4.69) is 21.3 Å². The fourth-order valence-electron chi connectivity index (χ4n) is 2.04. The summed E-state index contributed by atoms with van der Waals surface area (Å²) in [7, 11) is 3.74. The van der Waals surface area contributed by atoms with Crippen molar-refractivity contribution >= 4 is 5.82 Å². The van der Waals surface area contributed by atoms with E-state index in [-0.39, 0.29) is 0 Å². The van der Waals surface area contributed by atoms with Gasteiger partial charge in [-0.05, 0) is 12.1 Å². The second kappa shape index (κ2) is 7.67. The van der Waals surface area contributed by atoms with Crippen LogP contribution < -0.4 is 10.2 Å². The Bertz CT molecular complexity index is 500. The highest BCUT2D eigenvalue weighted by Crippen LogP contribution is 2.18. The van der Waals surface area contributed by atoms with E-state index in [0.29, 0.717) is 6.61 Å². The Morgan fingerprint density at radius 2 is 2.30 bits per heavy atom. The van der Waals surface area contributed by atoms with Gasteiger partial charge in [-0.1, -0.05) is 6.07 Å². The molecule has 0 aliphatic heterocycles. The molecule has 0 radical (unpaired) electrons. The summed E-state index contributed by atoms with van der Waals surface area (Å²) in [5.74, 6) is 0.985. The summed E-state index contributed by atoms with van der Waals surface area (Å²) in [6.45, 7) is 3.09. The zero-order chi connectivity index (χ0) is 14.2. The van der Waals surface area contributed by atoms with Gasteiger partial charge in [-0.2, -0.15) is 0 Å². The van der Waals surface area contributed by atoms with Crippen LogP contribution in [0.25, 0.3) is 0 Å². The minimum atomic E-state index is 0.709. The molecule has 2 heterocycles. The Hall–Kier alpha value is -1.85. The summed E-state index contributed by atoms with van der Waals surface area (Å²) in [5, 5.41) is 3.35. The Morgan fingerprint density at radius 1 is 1.40 bits per heavy atom. The number of furan rings is 1. The molecule has 0 fully saturated rings. The second-order valence-electron chi connectivity index (χ2n) is 4.64. The van der Waals surface area contributed by atoms with Gasteiger partial charge in [0.05, 0.1) is 19.1 Å². The summed E-state index contributed by atoms with van der Waals surface area (Å²) in [6, 6.07) is 6.02. The van der Waals surface area contributed by atoms with Crippen molar-refractivity contribution in [2.45, 2.75) is 13.1 Å². The smallest absolute Gasteiger partial charge is 0.133 e. The van der Waals surface area contributed by atoms with Crippen LogP contribution >= 0.6 is 0 Å². The fourth-order valence-corrected chi connectivity index (χ4v) is 2.04. The van der Waals surface area contributed by atoms with Gasteiger partial charge < -0.3 is 19.4 Å². The average molecular weight is 275 g/mol. The van der Waals surface area contributed by atoms with E-state index in [1.165, 1.54) is 5.56 Å². The van der Waals surface area contributed by atoms with Gasteiger partial charge in [0.2, 0.25) is 0 Å². The lowest BCUT2D eigenvalue weighted by molar-refractivity contribution is 0.199. The van der Waals surface area contributed by atoms with Crippen molar-refractivity contribution in [1.82, 2.24) is 10.3 Å². The van der Waals surface area contributed by atoms with E-state index < -0.39 is 0 Å². The monoisotopic (exact) mass is 275 g/mol. The first kappa shape index (κ1) is 14.6.